The Labute approximate surface area is 202 Å². The molecule has 12 heteroatoms. The molecule has 3 rings (SSSR count). The van der Waals surface area contributed by atoms with Crippen LogP contribution in [0.15, 0.2) is 40.1 Å². The molecule has 1 aromatic heterocycles. The van der Waals surface area contributed by atoms with Gasteiger partial charge >= 0.3 is 11.9 Å². The molecule has 2 fully saturated rings. The summed E-state index contributed by atoms with van der Waals surface area (Å²) >= 11 is 2.01. The summed E-state index contributed by atoms with van der Waals surface area (Å²) in [6.07, 6.45) is 1.12. The summed E-state index contributed by atoms with van der Waals surface area (Å²) in [7, 11) is 0. The average molecular weight is 489 g/mol. The van der Waals surface area contributed by atoms with E-state index in [4.69, 9.17) is 25.2 Å². The third kappa shape index (κ3) is 9.58. The lowest BCUT2D eigenvalue weighted by molar-refractivity contribution is -0.134. The zero-order chi connectivity index (χ0) is 24.8. The van der Waals surface area contributed by atoms with Gasteiger partial charge in [-0.15, -0.1) is 0 Å². The fourth-order valence-electron chi connectivity index (χ4n) is 3.28. The van der Waals surface area contributed by atoms with E-state index in [0.29, 0.717) is 24.5 Å². The van der Waals surface area contributed by atoms with Crippen LogP contribution in [0.5, 0.6) is 0 Å². The van der Waals surface area contributed by atoms with E-state index in [2.05, 4.69) is 21.6 Å². The van der Waals surface area contributed by atoms with Gasteiger partial charge in [0.05, 0.1) is 13.1 Å². The van der Waals surface area contributed by atoms with Crippen molar-refractivity contribution < 1.29 is 24.2 Å². The van der Waals surface area contributed by atoms with E-state index in [1.165, 1.54) is 11.5 Å². The molecule has 0 spiro atoms. The molecule has 1 aromatic rings. The van der Waals surface area contributed by atoms with Gasteiger partial charge in [-0.25, -0.2) is 9.59 Å². The molecule has 0 aromatic carbocycles. The van der Waals surface area contributed by atoms with Crippen molar-refractivity contribution in [1.29, 1.82) is 10.5 Å². The highest BCUT2D eigenvalue weighted by Gasteiger charge is 2.20. The molecule has 0 saturated carbocycles. The second kappa shape index (κ2) is 14.6. The monoisotopic (exact) mass is 488 g/mol. The summed E-state index contributed by atoms with van der Waals surface area (Å²) in [6.45, 7) is 6.90. The minimum absolute atomic E-state index is 0.147. The fraction of sp³-hybridized carbons (Fsp3) is 0.455. The van der Waals surface area contributed by atoms with Crippen LogP contribution in [-0.2, 0) is 22.7 Å². The Kier molecular flexibility index (Phi) is 11.5. The van der Waals surface area contributed by atoms with Gasteiger partial charge in [-0.2, -0.15) is 22.3 Å². The molecular weight excluding hydrogens is 460 g/mol. The molecule has 0 aliphatic carbocycles. The minimum Gasteiger partial charge on any atom is -0.478 e. The molecule has 3 heterocycles. The van der Waals surface area contributed by atoms with E-state index < -0.39 is 11.9 Å². The molecule has 2 aliphatic rings. The van der Waals surface area contributed by atoms with Crippen LogP contribution < -0.4 is 10.6 Å². The number of rotatable bonds is 9. The molecule has 11 nitrogen and oxygen atoms in total. The number of carboxylic acids is 2. The standard InChI is InChI=1S/C18H24N6OS.C4H4O4/c19-11-15(12-20)18-22-4-6-24(18)5-3-21-13-16-1-2-17(25-16)14-23-7-9-26-10-8-23;5-3(6)1-2-4(7)8/h1-2,21-22H,3-10,13-14H2;1-2H,(H,5,6)(H,7,8)/b;2-1+. The van der Waals surface area contributed by atoms with Crippen molar-refractivity contribution in [3.63, 3.8) is 0 Å². The maximum Gasteiger partial charge on any atom is 0.328 e. The average Bonchev–Trinajstić information content (AvgIpc) is 3.47. The van der Waals surface area contributed by atoms with Crippen LogP contribution >= 0.6 is 11.8 Å². The SMILES string of the molecule is N#CC(C#N)=C1NCCN1CCNCc1ccc(CN2CCSCC2)o1.O=C(O)/C=C/C(=O)O. The number of nitrogens with one attached hydrogen (secondary N) is 2. The Hall–Kier alpha value is -3.45. The quantitative estimate of drug-likeness (QED) is 0.220. The first kappa shape index (κ1) is 26.8. The molecule has 0 bridgehead atoms. The van der Waals surface area contributed by atoms with Gasteiger partial charge in [0.2, 0.25) is 0 Å². The Morgan fingerprint density at radius 1 is 1.12 bits per heavy atom. The van der Waals surface area contributed by atoms with Crippen LogP contribution in [0.3, 0.4) is 0 Å². The van der Waals surface area contributed by atoms with E-state index in [1.807, 2.05) is 34.9 Å². The summed E-state index contributed by atoms with van der Waals surface area (Å²) in [6, 6.07) is 8.00. The molecule has 2 saturated heterocycles. The molecule has 0 amide bonds. The smallest absolute Gasteiger partial charge is 0.328 e. The molecular formula is C22H28N6O5S. The van der Waals surface area contributed by atoms with Gasteiger partial charge in [0.15, 0.2) is 5.57 Å². The number of hydrogen-bond acceptors (Lipinski definition) is 10. The van der Waals surface area contributed by atoms with Crippen molar-refractivity contribution in [2.45, 2.75) is 13.1 Å². The number of allylic oxidation sites excluding steroid dienone is 1. The minimum atomic E-state index is -1.26. The van der Waals surface area contributed by atoms with Crippen LogP contribution in [0.2, 0.25) is 0 Å². The molecule has 0 radical (unpaired) electrons. The van der Waals surface area contributed by atoms with E-state index in [9.17, 15) is 9.59 Å². The maximum absolute atomic E-state index is 9.55. The first-order chi connectivity index (χ1) is 16.4. The normalized spacial score (nSPS) is 15.7. The van der Waals surface area contributed by atoms with Crippen molar-refractivity contribution in [2.24, 2.45) is 0 Å². The zero-order valence-corrected chi connectivity index (χ0v) is 19.5. The summed E-state index contributed by atoms with van der Waals surface area (Å²) in [5, 5.41) is 40.1. The molecule has 0 atom stereocenters. The molecule has 182 valence electrons. The number of aliphatic carboxylic acids is 2. The van der Waals surface area contributed by atoms with Crippen LogP contribution in [0, 0.1) is 22.7 Å². The summed E-state index contributed by atoms with van der Waals surface area (Å²) in [5.41, 5.74) is 0.147. The number of carbonyl (C=O) groups is 2. The molecule has 4 N–H and O–H groups in total. The molecule has 2 aliphatic heterocycles. The third-order valence-electron chi connectivity index (χ3n) is 4.88. The Bertz CT molecular complexity index is 939. The lowest BCUT2D eigenvalue weighted by Crippen LogP contribution is -2.31. The second-order valence-electron chi connectivity index (χ2n) is 7.30. The van der Waals surface area contributed by atoms with Crippen molar-refractivity contribution in [3.8, 4) is 12.1 Å². The van der Waals surface area contributed by atoms with Crippen molar-refractivity contribution >= 4 is 23.7 Å². The van der Waals surface area contributed by atoms with Gasteiger partial charge < -0.3 is 30.2 Å². The molecule has 0 unspecified atom stereocenters. The van der Waals surface area contributed by atoms with Gasteiger partial charge in [0.25, 0.3) is 0 Å². The van der Waals surface area contributed by atoms with Crippen molar-refractivity contribution in [2.75, 3.05) is 50.8 Å². The number of nitriles is 2. The number of nitrogens with zero attached hydrogens (tertiary/aromatic N) is 4. The number of carboxylic acid groups (broad SMARTS) is 2. The lowest BCUT2D eigenvalue weighted by Gasteiger charge is -2.24. The van der Waals surface area contributed by atoms with Crippen LogP contribution in [-0.4, -0.2) is 82.7 Å². The zero-order valence-electron chi connectivity index (χ0n) is 18.7. The lowest BCUT2D eigenvalue weighted by atomic mass is 10.3. The first-order valence-electron chi connectivity index (χ1n) is 10.7. The highest BCUT2D eigenvalue weighted by atomic mass is 32.2. The Morgan fingerprint density at radius 3 is 2.38 bits per heavy atom. The summed E-state index contributed by atoms with van der Waals surface area (Å²) < 4.78 is 5.92. The van der Waals surface area contributed by atoms with Gasteiger partial charge in [-0.3, -0.25) is 4.90 Å². The number of thioether (sulfide) groups is 1. The van der Waals surface area contributed by atoms with Gasteiger partial charge in [-0.1, -0.05) is 0 Å². The van der Waals surface area contributed by atoms with Crippen LogP contribution in [0.25, 0.3) is 0 Å². The van der Waals surface area contributed by atoms with Crippen LogP contribution in [0.1, 0.15) is 11.5 Å². The largest absolute Gasteiger partial charge is 0.478 e. The third-order valence-corrected chi connectivity index (χ3v) is 5.82. The van der Waals surface area contributed by atoms with Gasteiger partial charge in [-0.05, 0) is 12.1 Å². The fourth-order valence-corrected chi connectivity index (χ4v) is 4.26. The van der Waals surface area contributed by atoms with E-state index in [0.717, 1.165) is 57.3 Å². The number of hydrogen-bond donors (Lipinski definition) is 4. The Morgan fingerprint density at radius 2 is 1.76 bits per heavy atom. The highest BCUT2D eigenvalue weighted by molar-refractivity contribution is 7.99. The highest BCUT2D eigenvalue weighted by Crippen LogP contribution is 2.15. The summed E-state index contributed by atoms with van der Waals surface area (Å²) in [4.78, 5) is 23.6. The van der Waals surface area contributed by atoms with Crippen molar-refractivity contribution in [3.05, 3.63) is 47.2 Å². The first-order valence-corrected chi connectivity index (χ1v) is 11.8. The van der Waals surface area contributed by atoms with Gasteiger partial charge in [0.1, 0.15) is 29.5 Å². The van der Waals surface area contributed by atoms with E-state index >= 15 is 0 Å². The van der Waals surface area contributed by atoms with Crippen molar-refractivity contribution in [1.82, 2.24) is 20.4 Å². The van der Waals surface area contributed by atoms with E-state index in [1.54, 1.807) is 0 Å². The predicted octanol–water partition coefficient (Wildman–Crippen LogP) is 0.794. The summed E-state index contributed by atoms with van der Waals surface area (Å²) in [5.74, 6) is 2.51. The number of furan rings is 1. The predicted molar refractivity (Wildman–Crippen MR) is 125 cm³/mol. The maximum atomic E-state index is 9.55. The van der Waals surface area contributed by atoms with Gasteiger partial charge in [0, 0.05) is 62.9 Å². The second-order valence-corrected chi connectivity index (χ2v) is 8.53. The Balaban J connectivity index is 0.000000440. The van der Waals surface area contributed by atoms with E-state index in [-0.39, 0.29) is 5.57 Å². The van der Waals surface area contributed by atoms with Crippen LogP contribution in [0.4, 0.5) is 0 Å². The topological polar surface area (TPSA) is 166 Å². The molecule has 34 heavy (non-hydrogen) atoms.